The van der Waals surface area contributed by atoms with E-state index in [1.165, 1.54) is 31.1 Å². The zero-order valence-corrected chi connectivity index (χ0v) is 16.0. The molecule has 0 spiro atoms. The number of rotatable bonds is 6. The molecule has 1 saturated heterocycles. The van der Waals surface area contributed by atoms with Crippen LogP contribution in [-0.4, -0.2) is 41.9 Å². The minimum atomic E-state index is -0.905. The Morgan fingerprint density at radius 3 is 2.74 bits per heavy atom. The highest BCUT2D eigenvalue weighted by Crippen LogP contribution is 2.34. The number of guanidine groups is 1. The molecule has 2 amide bonds. The third-order valence-corrected chi connectivity index (χ3v) is 5.41. The maximum absolute atomic E-state index is 12.9. The average Bonchev–Trinajstić information content (AvgIpc) is 2.85. The summed E-state index contributed by atoms with van der Waals surface area (Å²) in [6.07, 6.45) is 6.55. The first-order valence-electron chi connectivity index (χ1n) is 9.55. The van der Waals surface area contributed by atoms with Crippen LogP contribution in [0.2, 0.25) is 0 Å². The van der Waals surface area contributed by atoms with E-state index in [-0.39, 0.29) is 24.4 Å². The first-order valence-corrected chi connectivity index (χ1v) is 9.55. The molecule has 1 aliphatic heterocycles. The third-order valence-electron chi connectivity index (χ3n) is 5.41. The number of carbonyl (C=O) groups is 2. The monoisotopic (exact) mass is 372 g/mol. The van der Waals surface area contributed by atoms with Crippen molar-refractivity contribution in [2.24, 2.45) is 5.92 Å². The Kier molecular flexibility index (Phi) is 5.68. The molecule has 7 heteroatoms. The number of likely N-dealkylation sites (N-methyl/N-ethyl adjacent to an activating group) is 1. The van der Waals surface area contributed by atoms with Gasteiger partial charge in [-0.2, -0.15) is 0 Å². The summed E-state index contributed by atoms with van der Waals surface area (Å²) in [6.45, 7) is 1.60. The average molecular weight is 372 g/mol. The van der Waals surface area contributed by atoms with Gasteiger partial charge in [0.1, 0.15) is 12.4 Å². The number of ether oxygens (including phenoxy) is 1. The van der Waals surface area contributed by atoms with E-state index in [1.54, 1.807) is 31.3 Å². The standard InChI is InChI=1S/C20H28N4O3/c1-14(25)22-16-9-6-10-17(11-16)27-13-20(12-15-7-4-3-5-8-15)18(26)24(2)19(21)23-20/h6,9-11,15H,3-5,7-8,12-13H2,1-2H3,(H2,21,23)(H,22,25)/t20-/m0/s1. The minimum absolute atomic E-state index is 0.115. The summed E-state index contributed by atoms with van der Waals surface area (Å²) in [5.41, 5.74) is -0.255. The summed E-state index contributed by atoms with van der Waals surface area (Å²) in [6, 6.07) is 7.12. The van der Waals surface area contributed by atoms with Crippen LogP contribution in [0.4, 0.5) is 5.69 Å². The molecule has 1 heterocycles. The molecule has 2 fully saturated rings. The van der Waals surface area contributed by atoms with Crippen molar-refractivity contribution in [1.82, 2.24) is 10.2 Å². The van der Waals surface area contributed by atoms with Gasteiger partial charge in [0.05, 0.1) is 0 Å². The molecule has 1 aromatic carbocycles. The van der Waals surface area contributed by atoms with E-state index in [1.807, 2.05) is 0 Å². The van der Waals surface area contributed by atoms with Gasteiger partial charge in [0.25, 0.3) is 5.91 Å². The largest absolute Gasteiger partial charge is 0.491 e. The van der Waals surface area contributed by atoms with Gasteiger partial charge in [-0.05, 0) is 24.5 Å². The Hall–Kier alpha value is -2.57. The Morgan fingerprint density at radius 2 is 2.11 bits per heavy atom. The smallest absolute Gasteiger partial charge is 0.258 e. The summed E-state index contributed by atoms with van der Waals surface area (Å²) in [7, 11) is 1.62. The molecular formula is C20H28N4O3. The van der Waals surface area contributed by atoms with Crippen LogP contribution in [0.1, 0.15) is 45.4 Å². The van der Waals surface area contributed by atoms with Crippen molar-refractivity contribution < 1.29 is 14.3 Å². The number of benzene rings is 1. The predicted molar refractivity (Wildman–Crippen MR) is 104 cm³/mol. The van der Waals surface area contributed by atoms with E-state index < -0.39 is 5.54 Å². The zero-order chi connectivity index (χ0) is 19.4. The second-order valence-corrected chi connectivity index (χ2v) is 7.63. The molecular weight excluding hydrogens is 344 g/mol. The molecule has 2 aliphatic rings. The van der Waals surface area contributed by atoms with Crippen molar-refractivity contribution in [1.29, 1.82) is 5.41 Å². The van der Waals surface area contributed by atoms with E-state index in [0.717, 1.165) is 12.8 Å². The fraction of sp³-hybridized carbons (Fsp3) is 0.550. The van der Waals surface area contributed by atoms with Crippen LogP contribution in [-0.2, 0) is 9.59 Å². The molecule has 3 rings (SSSR count). The summed E-state index contributed by atoms with van der Waals surface area (Å²) >= 11 is 0. The summed E-state index contributed by atoms with van der Waals surface area (Å²) in [5.74, 6) is 0.898. The number of amides is 2. The molecule has 146 valence electrons. The lowest BCUT2D eigenvalue weighted by molar-refractivity contribution is -0.132. The van der Waals surface area contributed by atoms with Gasteiger partial charge in [-0.1, -0.05) is 38.2 Å². The lowest BCUT2D eigenvalue weighted by atomic mass is 9.79. The van der Waals surface area contributed by atoms with Gasteiger partial charge in [-0.3, -0.25) is 19.9 Å². The van der Waals surface area contributed by atoms with E-state index >= 15 is 0 Å². The molecule has 1 atom stereocenters. The second kappa shape index (κ2) is 7.98. The fourth-order valence-corrected chi connectivity index (χ4v) is 4.04. The lowest BCUT2D eigenvalue weighted by Gasteiger charge is -2.32. The van der Waals surface area contributed by atoms with Gasteiger partial charge < -0.3 is 15.4 Å². The Morgan fingerprint density at radius 1 is 1.37 bits per heavy atom. The number of anilines is 1. The van der Waals surface area contributed by atoms with Crippen molar-refractivity contribution in [3.05, 3.63) is 24.3 Å². The molecule has 1 aromatic rings. The number of nitrogens with zero attached hydrogens (tertiary/aromatic N) is 1. The molecule has 3 N–H and O–H groups in total. The van der Waals surface area contributed by atoms with Gasteiger partial charge in [-0.25, -0.2) is 0 Å². The van der Waals surface area contributed by atoms with Crippen LogP contribution in [0.15, 0.2) is 24.3 Å². The van der Waals surface area contributed by atoms with Gasteiger partial charge in [0.15, 0.2) is 11.5 Å². The first-order chi connectivity index (χ1) is 12.9. The van der Waals surface area contributed by atoms with E-state index in [9.17, 15) is 9.59 Å². The van der Waals surface area contributed by atoms with Gasteiger partial charge in [-0.15, -0.1) is 0 Å². The first kappa shape index (κ1) is 19.2. The number of nitrogens with one attached hydrogen (secondary N) is 3. The van der Waals surface area contributed by atoms with Crippen molar-refractivity contribution in [2.45, 2.75) is 51.0 Å². The van der Waals surface area contributed by atoms with Crippen LogP contribution in [0.3, 0.4) is 0 Å². The van der Waals surface area contributed by atoms with E-state index in [4.69, 9.17) is 10.1 Å². The van der Waals surface area contributed by atoms with Crippen LogP contribution in [0, 0.1) is 11.3 Å². The molecule has 1 saturated carbocycles. The molecule has 27 heavy (non-hydrogen) atoms. The van der Waals surface area contributed by atoms with Crippen molar-refractivity contribution in [3.63, 3.8) is 0 Å². The van der Waals surface area contributed by atoms with Gasteiger partial charge in [0, 0.05) is 25.7 Å². The zero-order valence-electron chi connectivity index (χ0n) is 16.0. The lowest BCUT2D eigenvalue weighted by Crippen LogP contribution is -2.53. The quantitative estimate of drug-likeness (QED) is 0.716. The molecule has 7 nitrogen and oxygen atoms in total. The summed E-state index contributed by atoms with van der Waals surface area (Å²) < 4.78 is 5.97. The molecule has 1 aliphatic carbocycles. The normalized spacial score (nSPS) is 23.3. The Labute approximate surface area is 160 Å². The molecule has 0 aromatic heterocycles. The molecule has 0 unspecified atom stereocenters. The van der Waals surface area contributed by atoms with Crippen molar-refractivity contribution in [3.8, 4) is 5.75 Å². The minimum Gasteiger partial charge on any atom is -0.491 e. The highest BCUT2D eigenvalue weighted by Gasteiger charge is 2.50. The predicted octanol–water partition coefficient (Wildman–Crippen LogP) is 2.73. The molecule has 0 bridgehead atoms. The Bertz CT molecular complexity index is 730. The summed E-state index contributed by atoms with van der Waals surface area (Å²) in [5, 5.41) is 13.9. The maximum atomic E-state index is 12.9. The number of carbonyl (C=O) groups excluding carboxylic acids is 2. The van der Waals surface area contributed by atoms with Crippen LogP contribution in [0.5, 0.6) is 5.75 Å². The van der Waals surface area contributed by atoms with Crippen molar-refractivity contribution in [2.75, 3.05) is 19.0 Å². The number of hydrogen-bond acceptors (Lipinski definition) is 4. The highest BCUT2D eigenvalue weighted by molar-refractivity contribution is 6.07. The highest BCUT2D eigenvalue weighted by atomic mass is 16.5. The van der Waals surface area contributed by atoms with E-state index in [0.29, 0.717) is 23.8 Å². The Balaban J connectivity index is 1.75. The van der Waals surface area contributed by atoms with Crippen LogP contribution in [0.25, 0.3) is 0 Å². The summed E-state index contributed by atoms with van der Waals surface area (Å²) in [4.78, 5) is 25.5. The van der Waals surface area contributed by atoms with E-state index in [2.05, 4.69) is 10.6 Å². The third kappa shape index (κ3) is 4.40. The van der Waals surface area contributed by atoms with Gasteiger partial charge in [0.2, 0.25) is 5.91 Å². The van der Waals surface area contributed by atoms with Crippen LogP contribution < -0.4 is 15.4 Å². The topological polar surface area (TPSA) is 94.5 Å². The second-order valence-electron chi connectivity index (χ2n) is 7.63. The number of hydrogen-bond donors (Lipinski definition) is 3. The van der Waals surface area contributed by atoms with Crippen molar-refractivity contribution >= 4 is 23.5 Å². The van der Waals surface area contributed by atoms with Crippen LogP contribution >= 0.6 is 0 Å². The maximum Gasteiger partial charge on any atom is 0.258 e. The van der Waals surface area contributed by atoms with Gasteiger partial charge >= 0.3 is 0 Å². The SMILES string of the molecule is CC(=O)Nc1cccc(OC[C@]2(CC3CCCCC3)NC(=N)N(C)C2=O)c1. The fourth-order valence-electron chi connectivity index (χ4n) is 4.04. The molecule has 0 radical (unpaired) electrons.